The predicted octanol–water partition coefficient (Wildman–Crippen LogP) is 3.55. The van der Waals surface area contributed by atoms with Gasteiger partial charge in [0.2, 0.25) is 0 Å². The molecule has 2 amide bonds. The van der Waals surface area contributed by atoms with Crippen LogP contribution in [0.5, 0.6) is 11.5 Å². The Kier molecular flexibility index (Phi) is 9.94. The minimum Gasteiger partial charge on any atom is -0.485 e. The predicted molar refractivity (Wildman–Crippen MR) is 111 cm³/mol. The number of halogens is 4. The molecule has 0 unspecified atom stereocenters. The van der Waals surface area contributed by atoms with Crippen LogP contribution in [0.1, 0.15) is 30.3 Å². The number of hydrogen-bond acceptors (Lipinski definition) is 6. The van der Waals surface area contributed by atoms with Gasteiger partial charge < -0.3 is 19.9 Å². The van der Waals surface area contributed by atoms with Gasteiger partial charge >= 0.3 is 6.36 Å². The smallest absolute Gasteiger partial charge is 0.485 e. The number of aliphatic hydroxyl groups excluding tert-OH is 1. The van der Waals surface area contributed by atoms with E-state index >= 15 is 0 Å². The van der Waals surface area contributed by atoms with Crippen LogP contribution in [0.15, 0.2) is 46.9 Å². The van der Waals surface area contributed by atoms with E-state index in [4.69, 9.17) is 9.94 Å². The molecule has 0 saturated heterocycles. The fraction of sp³-hybridized carbons (Fsp3) is 0.300. The zero-order valence-corrected chi connectivity index (χ0v) is 17.5. The zero-order chi connectivity index (χ0) is 23.2. The maximum atomic E-state index is 12.6. The summed E-state index contributed by atoms with van der Waals surface area (Å²) in [5.41, 5.74) is 2.04. The van der Waals surface area contributed by atoms with E-state index < -0.39 is 36.1 Å². The summed E-state index contributed by atoms with van der Waals surface area (Å²) in [6, 6.07) is 8.37. The lowest BCUT2D eigenvalue weighted by Crippen LogP contribution is -2.51. The SMILES string of the molecule is C.C[C@@H](O)[C@H](NC(=O)c1ccc(COc2ccc(Br)cc2OC(F)(F)F)cc1)C(=O)NO. The van der Waals surface area contributed by atoms with E-state index in [2.05, 4.69) is 26.0 Å². The molecule has 0 aliphatic carbocycles. The molecule has 2 atom stereocenters. The summed E-state index contributed by atoms with van der Waals surface area (Å²) in [6.45, 7) is 1.15. The van der Waals surface area contributed by atoms with Crippen LogP contribution in [-0.4, -0.2) is 40.6 Å². The molecular weight excluding hydrogens is 501 g/mol. The summed E-state index contributed by atoms with van der Waals surface area (Å²) >= 11 is 3.07. The molecule has 0 bridgehead atoms. The Morgan fingerprint density at radius 2 is 1.75 bits per heavy atom. The van der Waals surface area contributed by atoms with Gasteiger partial charge in [0.25, 0.3) is 11.8 Å². The zero-order valence-electron chi connectivity index (χ0n) is 15.9. The third kappa shape index (κ3) is 8.02. The monoisotopic (exact) mass is 522 g/mol. The second-order valence-corrected chi connectivity index (χ2v) is 7.21. The Morgan fingerprint density at radius 3 is 2.28 bits per heavy atom. The van der Waals surface area contributed by atoms with Crippen LogP contribution in [0.25, 0.3) is 0 Å². The topological polar surface area (TPSA) is 117 Å². The summed E-state index contributed by atoms with van der Waals surface area (Å²) in [5, 5.41) is 20.5. The quantitative estimate of drug-likeness (QED) is 0.311. The van der Waals surface area contributed by atoms with Gasteiger partial charge in [-0.05, 0) is 42.8 Å². The first-order chi connectivity index (χ1) is 14.5. The highest BCUT2D eigenvalue weighted by Crippen LogP contribution is 2.35. The molecule has 0 aliphatic rings. The van der Waals surface area contributed by atoms with Crippen LogP contribution >= 0.6 is 15.9 Å². The number of ether oxygens (including phenoxy) is 2. The minimum atomic E-state index is -4.88. The van der Waals surface area contributed by atoms with Crippen molar-refractivity contribution in [1.29, 1.82) is 0 Å². The molecule has 4 N–H and O–H groups in total. The van der Waals surface area contributed by atoms with E-state index in [1.807, 2.05) is 0 Å². The van der Waals surface area contributed by atoms with Crippen molar-refractivity contribution in [2.75, 3.05) is 0 Å². The maximum Gasteiger partial charge on any atom is 0.573 e. The summed E-state index contributed by atoms with van der Waals surface area (Å²) in [5.74, 6) is -2.31. The average Bonchev–Trinajstić information content (AvgIpc) is 2.69. The number of hydroxylamine groups is 1. The molecule has 12 heteroatoms. The van der Waals surface area contributed by atoms with Crippen molar-refractivity contribution in [1.82, 2.24) is 10.8 Å². The number of amides is 2. The number of hydrogen-bond donors (Lipinski definition) is 4. The maximum absolute atomic E-state index is 12.6. The molecule has 176 valence electrons. The van der Waals surface area contributed by atoms with E-state index in [9.17, 15) is 27.9 Å². The molecule has 0 heterocycles. The molecule has 0 aliphatic heterocycles. The van der Waals surface area contributed by atoms with E-state index in [1.165, 1.54) is 48.8 Å². The molecular formula is C20H22BrF3N2O6. The first-order valence-electron chi connectivity index (χ1n) is 8.70. The second-order valence-electron chi connectivity index (χ2n) is 6.29. The molecule has 2 aromatic carbocycles. The highest BCUT2D eigenvalue weighted by atomic mass is 79.9. The fourth-order valence-corrected chi connectivity index (χ4v) is 2.76. The molecule has 8 nitrogen and oxygen atoms in total. The van der Waals surface area contributed by atoms with Gasteiger partial charge in [-0.15, -0.1) is 13.2 Å². The lowest BCUT2D eigenvalue weighted by atomic mass is 10.1. The van der Waals surface area contributed by atoms with E-state index in [-0.39, 0.29) is 25.3 Å². The normalized spacial score (nSPS) is 12.7. The molecule has 32 heavy (non-hydrogen) atoms. The van der Waals surface area contributed by atoms with Gasteiger partial charge in [-0.25, -0.2) is 5.48 Å². The number of alkyl halides is 3. The summed E-state index contributed by atoms with van der Waals surface area (Å²) < 4.78 is 47.4. The van der Waals surface area contributed by atoms with Crippen molar-refractivity contribution in [3.63, 3.8) is 0 Å². The van der Waals surface area contributed by atoms with Gasteiger partial charge in [0.15, 0.2) is 11.5 Å². The first-order valence-corrected chi connectivity index (χ1v) is 9.49. The lowest BCUT2D eigenvalue weighted by Gasteiger charge is -2.19. The highest BCUT2D eigenvalue weighted by molar-refractivity contribution is 9.10. The van der Waals surface area contributed by atoms with Gasteiger partial charge in [0.05, 0.1) is 6.10 Å². The van der Waals surface area contributed by atoms with Crippen molar-refractivity contribution in [3.05, 3.63) is 58.1 Å². The number of nitrogens with one attached hydrogen (secondary N) is 2. The van der Waals surface area contributed by atoms with Crippen molar-refractivity contribution in [2.24, 2.45) is 0 Å². The van der Waals surface area contributed by atoms with Gasteiger partial charge in [0, 0.05) is 10.0 Å². The van der Waals surface area contributed by atoms with Gasteiger partial charge in [-0.3, -0.25) is 14.8 Å². The standard InChI is InChI=1S/C19H18BrF3N2O6.CH4/c1-10(26)16(18(28)25-29)24-17(27)12-4-2-11(3-5-12)9-30-14-7-6-13(20)8-15(14)31-19(21,22)23;/h2-8,10,16,26,29H,9H2,1H3,(H,24,27)(H,25,28);1H4/t10-,16+;/m1./s1. The lowest BCUT2D eigenvalue weighted by molar-refractivity contribution is -0.275. The molecule has 2 aromatic rings. The van der Waals surface area contributed by atoms with Gasteiger partial charge in [0.1, 0.15) is 12.6 Å². The molecule has 0 spiro atoms. The van der Waals surface area contributed by atoms with E-state index in [0.29, 0.717) is 10.0 Å². The van der Waals surface area contributed by atoms with Crippen LogP contribution in [0.2, 0.25) is 0 Å². The first kappa shape index (κ1) is 27.2. The molecule has 2 rings (SSSR count). The van der Waals surface area contributed by atoms with E-state index in [0.717, 1.165) is 6.07 Å². The van der Waals surface area contributed by atoms with Crippen LogP contribution in [0.4, 0.5) is 13.2 Å². The minimum absolute atomic E-state index is 0. The molecule has 0 radical (unpaired) electrons. The van der Waals surface area contributed by atoms with Gasteiger partial charge in [-0.2, -0.15) is 0 Å². The van der Waals surface area contributed by atoms with Crippen molar-refractivity contribution in [2.45, 2.75) is 39.5 Å². The molecule has 0 saturated carbocycles. The number of aliphatic hydroxyl groups is 1. The second kappa shape index (κ2) is 11.7. The van der Waals surface area contributed by atoms with Crippen LogP contribution in [-0.2, 0) is 11.4 Å². The third-order valence-electron chi connectivity index (χ3n) is 3.90. The molecule has 0 aromatic heterocycles. The Balaban J connectivity index is 0.00000512. The summed E-state index contributed by atoms with van der Waals surface area (Å²) in [7, 11) is 0. The summed E-state index contributed by atoms with van der Waals surface area (Å²) in [6.07, 6.45) is -6.15. The molecule has 0 fully saturated rings. The Hall–Kier alpha value is -2.83. The Labute approximate surface area is 190 Å². The Morgan fingerprint density at radius 1 is 1.12 bits per heavy atom. The van der Waals surface area contributed by atoms with Crippen molar-refractivity contribution < 1.29 is 42.5 Å². The van der Waals surface area contributed by atoms with Crippen molar-refractivity contribution >= 4 is 27.7 Å². The van der Waals surface area contributed by atoms with Crippen LogP contribution < -0.4 is 20.3 Å². The Bertz CT molecular complexity index is 923. The van der Waals surface area contributed by atoms with Gasteiger partial charge in [-0.1, -0.05) is 35.5 Å². The number of benzene rings is 2. The summed E-state index contributed by atoms with van der Waals surface area (Å²) in [4.78, 5) is 23.7. The third-order valence-corrected chi connectivity index (χ3v) is 4.40. The largest absolute Gasteiger partial charge is 0.573 e. The fourth-order valence-electron chi connectivity index (χ4n) is 2.42. The highest BCUT2D eigenvalue weighted by Gasteiger charge is 2.32. The van der Waals surface area contributed by atoms with Crippen LogP contribution in [0.3, 0.4) is 0 Å². The van der Waals surface area contributed by atoms with Crippen LogP contribution in [0, 0.1) is 0 Å². The number of carbonyl (C=O) groups is 2. The van der Waals surface area contributed by atoms with Crippen molar-refractivity contribution in [3.8, 4) is 11.5 Å². The van der Waals surface area contributed by atoms with E-state index in [1.54, 1.807) is 0 Å². The average molecular weight is 523 g/mol. The number of carbonyl (C=O) groups excluding carboxylic acids is 2. The number of rotatable bonds is 8.